The molecule has 0 bridgehead atoms. The number of benzene rings is 4. The van der Waals surface area contributed by atoms with Crippen LogP contribution in [0, 0.1) is 10.1 Å². The Bertz CT molecular complexity index is 1500. The lowest BCUT2D eigenvalue weighted by molar-refractivity contribution is -0.384. The number of phenolic OH excluding ortho intramolecular Hbond substituents is 2. The summed E-state index contributed by atoms with van der Waals surface area (Å²) < 4.78 is 0. The van der Waals surface area contributed by atoms with Crippen LogP contribution in [-0.4, -0.2) is 25.1 Å². The van der Waals surface area contributed by atoms with Gasteiger partial charge in [0.1, 0.15) is 11.5 Å². The van der Waals surface area contributed by atoms with Crippen LogP contribution in [0.3, 0.4) is 0 Å². The van der Waals surface area contributed by atoms with E-state index in [0.717, 1.165) is 27.8 Å². The SMILES string of the molecule is O=[N+]([O-])c1ccc2nc(-c3cccc(-c4ccc(O)cc4)c3-c3ccc(O)cc3)cnc2c1. The van der Waals surface area contributed by atoms with Gasteiger partial charge in [-0.3, -0.25) is 15.1 Å². The third-order valence-corrected chi connectivity index (χ3v) is 5.41. The van der Waals surface area contributed by atoms with Crippen LogP contribution in [0.4, 0.5) is 5.69 Å². The molecule has 0 spiro atoms. The van der Waals surface area contributed by atoms with Crippen LogP contribution in [0.1, 0.15) is 0 Å². The van der Waals surface area contributed by atoms with Crippen molar-refractivity contribution in [2.45, 2.75) is 0 Å². The Morgan fingerprint density at radius 1 is 0.727 bits per heavy atom. The molecule has 0 atom stereocenters. The van der Waals surface area contributed by atoms with E-state index in [2.05, 4.69) is 4.98 Å². The number of nitro benzene ring substituents is 1. The van der Waals surface area contributed by atoms with Crippen molar-refractivity contribution in [2.75, 3.05) is 0 Å². The van der Waals surface area contributed by atoms with Gasteiger partial charge in [0.05, 0.1) is 27.8 Å². The molecule has 1 heterocycles. The second-order valence-corrected chi connectivity index (χ2v) is 7.51. The molecule has 2 N–H and O–H groups in total. The zero-order chi connectivity index (χ0) is 22.9. The van der Waals surface area contributed by atoms with Gasteiger partial charge in [0.25, 0.3) is 5.69 Å². The lowest BCUT2D eigenvalue weighted by Gasteiger charge is -2.16. The maximum atomic E-state index is 11.1. The molecule has 7 heteroatoms. The van der Waals surface area contributed by atoms with Gasteiger partial charge in [-0.2, -0.15) is 0 Å². The molecular weight excluding hydrogens is 418 g/mol. The zero-order valence-corrected chi connectivity index (χ0v) is 17.2. The quantitative estimate of drug-likeness (QED) is 0.267. The lowest BCUT2D eigenvalue weighted by atomic mass is 9.89. The van der Waals surface area contributed by atoms with Crippen LogP contribution in [0.25, 0.3) is 44.5 Å². The molecule has 0 amide bonds. The number of nitro groups is 1. The molecule has 5 aromatic rings. The van der Waals surface area contributed by atoms with Gasteiger partial charge in [-0.05, 0) is 52.6 Å². The molecular formula is C26H17N3O4. The molecule has 0 aliphatic carbocycles. The summed E-state index contributed by atoms with van der Waals surface area (Å²) in [5, 5.41) is 30.6. The normalized spacial score (nSPS) is 10.9. The second-order valence-electron chi connectivity index (χ2n) is 7.51. The molecule has 160 valence electrons. The van der Waals surface area contributed by atoms with E-state index < -0.39 is 4.92 Å². The van der Waals surface area contributed by atoms with E-state index in [0.29, 0.717) is 16.7 Å². The topological polar surface area (TPSA) is 109 Å². The first-order valence-corrected chi connectivity index (χ1v) is 10.1. The van der Waals surface area contributed by atoms with E-state index in [1.807, 2.05) is 42.5 Å². The Labute approximate surface area is 188 Å². The summed E-state index contributed by atoms with van der Waals surface area (Å²) in [6, 6.07) is 24.1. The third kappa shape index (κ3) is 3.83. The first-order valence-electron chi connectivity index (χ1n) is 10.1. The molecule has 0 saturated heterocycles. The Morgan fingerprint density at radius 3 is 2.03 bits per heavy atom. The summed E-state index contributed by atoms with van der Waals surface area (Å²) >= 11 is 0. The minimum atomic E-state index is -0.459. The van der Waals surface area contributed by atoms with E-state index in [-0.39, 0.29) is 17.2 Å². The highest BCUT2D eigenvalue weighted by Gasteiger charge is 2.16. The molecule has 4 aromatic carbocycles. The highest BCUT2D eigenvalue weighted by atomic mass is 16.6. The van der Waals surface area contributed by atoms with Crippen LogP contribution in [-0.2, 0) is 0 Å². The zero-order valence-electron chi connectivity index (χ0n) is 17.2. The third-order valence-electron chi connectivity index (χ3n) is 5.41. The smallest absolute Gasteiger partial charge is 0.271 e. The number of hydrogen-bond acceptors (Lipinski definition) is 6. The fourth-order valence-electron chi connectivity index (χ4n) is 3.83. The van der Waals surface area contributed by atoms with Crippen molar-refractivity contribution in [1.29, 1.82) is 0 Å². The molecule has 0 fully saturated rings. The highest BCUT2D eigenvalue weighted by Crippen LogP contribution is 2.40. The molecule has 33 heavy (non-hydrogen) atoms. The van der Waals surface area contributed by atoms with Gasteiger partial charge in [0, 0.05) is 17.7 Å². The van der Waals surface area contributed by atoms with E-state index in [1.165, 1.54) is 12.1 Å². The number of aromatic hydroxyl groups is 2. The van der Waals surface area contributed by atoms with E-state index >= 15 is 0 Å². The largest absolute Gasteiger partial charge is 0.508 e. The number of hydrogen-bond donors (Lipinski definition) is 2. The van der Waals surface area contributed by atoms with Crippen LogP contribution in [0.2, 0.25) is 0 Å². The Kier molecular flexibility index (Phi) is 4.91. The fourth-order valence-corrected chi connectivity index (χ4v) is 3.83. The van der Waals surface area contributed by atoms with Gasteiger partial charge < -0.3 is 10.2 Å². The summed E-state index contributed by atoms with van der Waals surface area (Å²) in [6.45, 7) is 0. The Morgan fingerprint density at radius 2 is 1.36 bits per heavy atom. The average molecular weight is 435 g/mol. The fraction of sp³-hybridized carbons (Fsp3) is 0. The number of fused-ring (bicyclic) bond motifs is 1. The van der Waals surface area contributed by atoms with Crippen molar-refractivity contribution in [2.24, 2.45) is 0 Å². The average Bonchev–Trinajstić information content (AvgIpc) is 2.84. The summed E-state index contributed by atoms with van der Waals surface area (Å²) in [5.74, 6) is 0.338. The summed E-state index contributed by atoms with van der Waals surface area (Å²) in [4.78, 5) is 19.8. The van der Waals surface area contributed by atoms with Crippen molar-refractivity contribution in [3.63, 3.8) is 0 Å². The van der Waals surface area contributed by atoms with Crippen molar-refractivity contribution in [3.8, 4) is 45.0 Å². The molecule has 0 aliphatic rings. The molecule has 0 saturated carbocycles. The van der Waals surface area contributed by atoms with Gasteiger partial charge in [-0.1, -0.05) is 42.5 Å². The Balaban J connectivity index is 1.74. The van der Waals surface area contributed by atoms with Crippen LogP contribution >= 0.6 is 0 Å². The van der Waals surface area contributed by atoms with Crippen LogP contribution in [0.5, 0.6) is 11.5 Å². The van der Waals surface area contributed by atoms with Crippen LogP contribution < -0.4 is 0 Å². The molecule has 0 unspecified atom stereocenters. The van der Waals surface area contributed by atoms with Crippen molar-refractivity contribution >= 4 is 16.7 Å². The van der Waals surface area contributed by atoms with Gasteiger partial charge in [-0.15, -0.1) is 0 Å². The number of rotatable bonds is 4. The van der Waals surface area contributed by atoms with E-state index in [9.17, 15) is 20.3 Å². The molecule has 5 rings (SSSR count). The number of non-ortho nitro benzene ring substituents is 1. The van der Waals surface area contributed by atoms with Crippen molar-refractivity contribution in [1.82, 2.24) is 9.97 Å². The molecule has 7 nitrogen and oxygen atoms in total. The second kappa shape index (κ2) is 8.05. The minimum absolute atomic E-state index is 0.0383. The van der Waals surface area contributed by atoms with Crippen molar-refractivity contribution < 1.29 is 15.1 Å². The standard InChI is InChI=1S/C26H17N3O4/c30-19-9-4-16(5-10-19)21-2-1-3-22(26(21)17-6-11-20(31)12-7-17)25-15-27-24-14-18(29(32)33)8-13-23(24)28-25/h1-15,30-31H. The van der Waals surface area contributed by atoms with E-state index in [4.69, 9.17) is 4.98 Å². The van der Waals surface area contributed by atoms with Gasteiger partial charge >= 0.3 is 0 Å². The molecule has 0 aliphatic heterocycles. The van der Waals surface area contributed by atoms with Gasteiger partial charge in [0.2, 0.25) is 0 Å². The van der Waals surface area contributed by atoms with Crippen LogP contribution in [0.15, 0.2) is 91.1 Å². The number of nitrogens with zero attached hydrogens (tertiary/aromatic N) is 3. The highest BCUT2D eigenvalue weighted by molar-refractivity contribution is 5.94. The maximum Gasteiger partial charge on any atom is 0.271 e. The van der Waals surface area contributed by atoms with Gasteiger partial charge in [-0.25, -0.2) is 4.98 Å². The number of aromatic nitrogens is 2. The predicted octanol–water partition coefficient (Wildman–Crippen LogP) is 5.95. The first kappa shape index (κ1) is 20.1. The van der Waals surface area contributed by atoms with E-state index in [1.54, 1.807) is 36.5 Å². The molecule has 1 aromatic heterocycles. The minimum Gasteiger partial charge on any atom is -0.508 e. The number of phenols is 2. The monoisotopic (exact) mass is 435 g/mol. The summed E-state index contributed by atoms with van der Waals surface area (Å²) in [5.41, 5.74) is 5.96. The Hall–Kier alpha value is -4.78. The molecule has 0 radical (unpaired) electrons. The summed E-state index contributed by atoms with van der Waals surface area (Å²) in [6.07, 6.45) is 1.60. The summed E-state index contributed by atoms with van der Waals surface area (Å²) in [7, 11) is 0. The van der Waals surface area contributed by atoms with Crippen molar-refractivity contribution in [3.05, 3.63) is 101 Å². The maximum absolute atomic E-state index is 11.1. The predicted molar refractivity (Wildman–Crippen MR) is 126 cm³/mol. The van der Waals surface area contributed by atoms with Gasteiger partial charge in [0.15, 0.2) is 0 Å². The lowest BCUT2D eigenvalue weighted by Crippen LogP contribution is -1.95. The first-order chi connectivity index (χ1) is 16.0.